The van der Waals surface area contributed by atoms with Crippen molar-refractivity contribution in [3.05, 3.63) is 24.2 Å². The second-order valence-corrected chi connectivity index (χ2v) is 2.57. The van der Waals surface area contributed by atoms with Crippen LogP contribution in [-0.4, -0.2) is 17.1 Å². The molecule has 4 heteroatoms. The van der Waals surface area contributed by atoms with Gasteiger partial charge in [0.05, 0.1) is 12.5 Å². The SMILES string of the molecule is C[C@H](NCc1ccoc1)C(=O)O. The van der Waals surface area contributed by atoms with Crippen molar-refractivity contribution in [3.8, 4) is 0 Å². The predicted molar refractivity (Wildman–Crippen MR) is 42.6 cm³/mol. The standard InChI is InChI=1S/C8H11NO3/c1-6(8(10)11)9-4-7-2-3-12-5-7/h2-3,5-6,9H,4H2,1H3,(H,10,11)/t6-/m0/s1. The van der Waals surface area contributed by atoms with E-state index in [1.165, 1.54) is 0 Å². The Morgan fingerprint density at radius 3 is 3.08 bits per heavy atom. The first-order valence-corrected chi connectivity index (χ1v) is 3.67. The van der Waals surface area contributed by atoms with Crippen LogP contribution in [0.5, 0.6) is 0 Å². The molecule has 0 aliphatic heterocycles. The van der Waals surface area contributed by atoms with Crippen molar-refractivity contribution >= 4 is 5.97 Å². The Labute approximate surface area is 70.2 Å². The first kappa shape index (κ1) is 8.80. The van der Waals surface area contributed by atoms with Crippen molar-refractivity contribution in [2.45, 2.75) is 19.5 Å². The minimum absolute atomic E-state index is 0.518. The molecule has 66 valence electrons. The van der Waals surface area contributed by atoms with E-state index in [-0.39, 0.29) is 0 Å². The number of nitrogens with one attached hydrogen (secondary N) is 1. The van der Waals surface area contributed by atoms with Gasteiger partial charge in [0.2, 0.25) is 0 Å². The minimum Gasteiger partial charge on any atom is -0.480 e. The predicted octanol–water partition coefficient (Wildman–Crippen LogP) is 0.842. The number of rotatable bonds is 4. The molecule has 0 saturated heterocycles. The lowest BCUT2D eigenvalue weighted by Gasteiger charge is -2.06. The van der Waals surface area contributed by atoms with E-state index < -0.39 is 12.0 Å². The summed E-state index contributed by atoms with van der Waals surface area (Å²) < 4.78 is 4.82. The topological polar surface area (TPSA) is 62.5 Å². The molecule has 0 radical (unpaired) electrons. The summed E-state index contributed by atoms with van der Waals surface area (Å²) in [5.41, 5.74) is 0.947. The third-order valence-electron chi connectivity index (χ3n) is 1.56. The van der Waals surface area contributed by atoms with Crippen LogP contribution in [0.15, 0.2) is 23.0 Å². The van der Waals surface area contributed by atoms with E-state index in [4.69, 9.17) is 9.52 Å². The van der Waals surface area contributed by atoms with Gasteiger partial charge in [0.1, 0.15) is 6.04 Å². The third kappa shape index (κ3) is 2.39. The number of hydrogen-bond donors (Lipinski definition) is 2. The Balaban J connectivity index is 2.31. The summed E-state index contributed by atoms with van der Waals surface area (Å²) >= 11 is 0. The zero-order valence-electron chi connectivity index (χ0n) is 6.78. The van der Waals surface area contributed by atoms with Gasteiger partial charge < -0.3 is 14.8 Å². The lowest BCUT2D eigenvalue weighted by atomic mass is 10.3. The average molecular weight is 169 g/mol. The number of carbonyl (C=O) groups is 1. The van der Waals surface area contributed by atoms with E-state index in [0.29, 0.717) is 6.54 Å². The van der Waals surface area contributed by atoms with Crippen molar-refractivity contribution in [1.82, 2.24) is 5.32 Å². The molecule has 0 aliphatic carbocycles. The molecule has 0 aliphatic rings. The minimum atomic E-state index is -0.849. The summed E-state index contributed by atoms with van der Waals surface area (Å²) in [6.07, 6.45) is 3.14. The second-order valence-electron chi connectivity index (χ2n) is 2.57. The monoisotopic (exact) mass is 169 g/mol. The highest BCUT2D eigenvalue weighted by molar-refractivity contribution is 5.72. The summed E-state index contributed by atoms with van der Waals surface area (Å²) in [6.45, 7) is 2.12. The fourth-order valence-corrected chi connectivity index (χ4v) is 0.751. The first-order valence-electron chi connectivity index (χ1n) is 3.67. The first-order chi connectivity index (χ1) is 5.70. The molecule has 1 rings (SSSR count). The highest BCUT2D eigenvalue weighted by atomic mass is 16.4. The van der Waals surface area contributed by atoms with Crippen molar-refractivity contribution < 1.29 is 14.3 Å². The van der Waals surface area contributed by atoms with Gasteiger partial charge in [-0.1, -0.05) is 0 Å². The maximum absolute atomic E-state index is 10.4. The Kier molecular flexibility index (Phi) is 2.88. The Hall–Kier alpha value is -1.29. The molecule has 0 unspecified atom stereocenters. The van der Waals surface area contributed by atoms with Gasteiger partial charge in [-0.3, -0.25) is 4.79 Å². The summed E-state index contributed by atoms with van der Waals surface area (Å²) in [5, 5.41) is 11.3. The van der Waals surface area contributed by atoms with E-state index >= 15 is 0 Å². The molecule has 4 nitrogen and oxygen atoms in total. The van der Waals surface area contributed by atoms with E-state index in [1.807, 2.05) is 0 Å². The number of furan rings is 1. The number of hydrogen-bond acceptors (Lipinski definition) is 3. The van der Waals surface area contributed by atoms with Crippen LogP contribution < -0.4 is 5.32 Å². The van der Waals surface area contributed by atoms with Gasteiger partial charge in [-0.25, -0.2) is 0 Å². The second kappa shape index (κ2) is 3.92. The van der Waals surface area contributed by atoms with Gasteiger partial charge in [0, 0.05) is 12.1 Å². The highest BCUT2D eigenvalue weighted by Gasteiger charge is 2.08. The van der Waals surface area contributed by atoms with E-state index in [0.717, 1.165) is 5.56 Å². The van der Waals surface area contributed by atoms with Gasteiger partial charge in [0.15, 0.2) is 0 Å². The molecule has 0 fully saturated rings. The molecule has 1 atom stereocenters. The van der Waals surface area contributed by atoms with Crippen LogP contribution in [0.2, 0.25) is 0 Å². The van der Waals surface area contributed by atoms with Gasteiger partial charge in [-0.15, -0.1) is 0 Å². The molecule has 0 saturated carbocycles. The lowest BCUT2D eigenvalue weighted by Crippen LogP contribution is -2.32. The van der Waals surface area contributed by atoms with Crippen molar-refractivity contribution in [2.75, 3.05) is 0 Å². The van der Waals surface area contributed by atoms with Gasteiger partial charge in [-0.05, 0) is 13.0 Å². The Bertz CT molecular complexity index is 243. The van der Waals surface area contributed by atoms with Crippen molar-refractivity contribution in [3.63, 3.8) is 0 Å². The highest BCUT2D eigenvalue weighted by Crippen LogP contribution is 1.99. The van der Waals surface area contributed by atoms with Crippen LogP contribution in [0, 0.1) is 0 Å². The number of aliphatic carboxylic acids is 1. The molecule has 2 N–H and O–H groups in total. The lowest BCUT2D eigenvalue weighted by molar-refractivity contribution is -0.139. The normalized spacial score (nSPS) is 12.8. The zero-order chi connectivity index (χ0) is 8.97. The quantitative estimate of drug-likeness (QED) is 0.701. The maximum Gasteiger partial charge on any atom is 0.320 e. The van der Waals surface area contributed by atoms with Crippen LogP contribution in [0.4, 0.5) is 0 Å². The van der Waals surface area contributed by atoms with E-state index in [1.54, 1.807) is 25.5 Å². The Morgan fingerprint density at radius 2 is 2.58 bits per heavy atom. The van der Waals surface area contributed by atoms with E-state index in [9.17, 15) is 4.79 Å². The van der Waals surface area contributed by atoms with Crippen LogP contribution in [0.3, 0.4) is 0 Å². The third-order valence-corrected chi connectivity index (χ3v) is 1.56. The molecule has 0 amide bonds. The smallest absolute Gasteiger partial charge is 0.320 e. The van der Waals surface area contributed by atoms with Crippen LogP contribution in [-0.2, 0) is 11.3 Å². The molecular weight excluding hydrogens is 158 g/mol. The number of carboxylic acid groups (broad SMARTS) is 1. The van der Waals surface area contributed by atoms with Gasteiger partial charge in [-0.2, -0.15) is 0 Å². The molecular formula is C8H11NO3. The number of carboxylic acids is 1. The average Bonchev–Trinajstić information content (AvgIpc) is 2.51. The molecule has 1 heterocycles. The Morgan fingerprint density at radius 1 is 1.83 bits per heavy atom. The summed E-state index contributed by atoms with van der Waals surface area (Å²) in [4.78, 5) is 10.4. The molecule has 12 heavy (non-hydrogen) atoms. The fourth-order valence-electron chi connectivity index (χ4n) is 0.751. The van der Waals surface area contributed by atoms with Crippen LogP contribution >= 0.6 is 0 Å². The van der Waals surface area contributed by atoms with Gasteiger partial charge >= 0.3 is 5.97 Å². The summed E-state index contributed by atoms with van der Waals surface area (Å²) in [7, 11) is 0. The summed E-state index contributed by atoms with van der Waals surface area (Å²) in [6, 6.07) is 1.27. The van der Waals surface area contributed by atoms with E-state index in [2.05, 4.69) is 5.32 Å². The van der Waals surface area contributed by atoms with Gasteiger partial charge in [0.25, 0.3) is 0 Å². The largest absolute Gasteiger partial charge is 0.480 e. The molecule has 0 spiro atoms. The van der Waals surface area contributed by atoms with Crippen molar-refractivity contribution in [2.24, 2.45) is 0 Å². The molecule has 1 aromatic rings. The molecule has 0 bridgehead atoms. The molecule has 1 aromatic heterocycles. The maximum atomic E-state index is 10.4. The summed E-state index contributed by atoms with van der Waals surface area (Å²) in [5.74, 6) is -0.849. The fraction of sp³-hybridized carbons (Fsp3) is 0.375. The zero-order valence-corrected chi connectivity index (χ0v) is 6.78. The van der Waals surface area contributed by atoms with Crippen molar-refractivity contribution in [1.29, 1.82) is 0 Å². The van der Waals surface area contributed by atoms with Crippen LogP contribution in [0.1, 0.15) is 12.5 Å². The van der Waals surface area contributed by atoms with Crippen LogP contribution in [0.25, 0.3) is 0 Å². The molecule has 0 aromatic carbocycles.